The van der Waals surface area contributed by atoms with Gasteiger partial charge in [-0.2, -0.15) is 0 Å². The van der Waals surface area contributed by atoms with Crippen LogP contribution in [-0.4, -0.2) is 14.5 Å². The lowest BCUT2D eigenvalue weighted by Gasteiger charge is -2.09. The normalized spacial score (nSPS) is 10.6. The van der Waals surface area contributed by atoms with E-state index in [4.69, 9.17) is 4.74 Å². The second-order valence-electron chi connectivity index (χ2n) is 4.61. The maximum Gasteiger partial charge on any atom is 0.434 e. The van der Waals surface area contributed by atoms with Crippen LogP contribution < -0.4 is 4.74 Å². The van der Waals surface area contributed by atoms with Crippen LogP contribution in [0.1, 0.15) is 23.7 Å². The summed E-state index contributed by atoms with van der Waals surface area (Å²) in [5, 5.41) is 10.7. The molecule has 2 aromatic rings. The minimum Gasteiger partial charge on any atom is -0.486 e. The van der Waals surface area contributed by atoms with Gasteiger partial charge in [0.15, 0.2) is 5.69 Å². The SMILES string of the molecule is CCc1ccc(OCc2cnc([N+](=O)[O-])n2C)c(C)c1. The summed E-state index contributed by atoms with van der Waals surface area (Å²) in [6.45, 7) is 4.34. The summed E-state index contributed by atoms with van der Waals surface area (Å²) in [5.41, 5.74) is 2.97. The van der Waals surface area contributed by atoms with Crippen molar-refractivity contribution >= 4 is 5.95 Å². The number of hydrogen-bond donors (Lipinski definition) is 0. The lowest BCUT2D eigenvalue weighted by molar-refractivity contribution is -0.396. The van der Waals surface area contributed by atoms with E-state index in [-0.39, 0.29) is 12.6 Å². The van der Waals surface area contributed by atoms with Gasteiger partial charge in [-0.05, 0) is 35.5 Å². The van der Waals surface area contributed by atoms with Gasteiger partial charge in [0.05, 0.1) is 7.05 Å². The first kappa shape index (κ1) is 14.0. The summed E-state index contributed by atoms with van der Waals surface area (Å²) in [7, 11) is 1.61. The Morgan fingerprint density at radius 1 is 1.45 bits per heavy atom. The zero-order valence-corrected chi connectivity index (χ0v) is 11.8. The molecule has 6 nitrogen and oxygen atoms in total. The molecule has 1 heterocycles. The molecule has 0 radical (unpaired) electrons. The van der Waals surface area contributed by atoms with Crippen molar-refractivity contribution < 1.29 is 9.66 Å². The Morgan fingerprint density at radius 3 is 2.75 bits per heavy atom. The van der Waals surface area contributed by atoms with E-state index in [0.717, 1.165) is 17.7 Å². The quantitative estimate of drug-likeness (QED) is 0.621. The highest BCUT2D eigenvalue weighted by molar-refractivity contribution is 5.36. The van der Waals surface area contributed by atoms with E-state index in [1.165, 1.54) is 16.3 Å². The monoisotopic (exact) mass is 275 g/mol. The Bertz CT molecular complexity index is 635. The average Bonchev–Trinajstić information content (AvgIpc) is 2.78. The fourth-order valence-corrected chi connectivity index (χ4v) is 1.98. The Morgan fingerprint density at radius 2 is 2.20 bits per heavy atom. The number of nitro groups is 1. The van der Waals surface area contributed by atoms with Crippen molar-refractivity contribution in [2.75, 3.05) is 0 Å². The molecule has 0 fully saturated rings. The molecule has 0 amide bonds. The first-order valence-electron chi connectivity index (χ1n) is 6.40. The summed E-state index contributed by atoms with van der Waals surface area (Å²) in [5.74, 6) is 0.604. The van der Waals surface area contributed by atoms with Gasteiger partial charge in [0, 0.05) is 0 Å². The van der Waals surface area contributed by atoms with Crippen LogP contribution in [0.5, 0.6) is 5.75 Å². The molecule has 0 aliphatic rings. The Balaban J connectivity index is 2.11. The van der Waals surface area contributed by atoms with E-state index < -0.39 is 4.92 Å². The van der Waals surface area contributed by atoms with Crippen molar-refractivity contribution in [1.29, 1.82) is 0 Å². The number of ether oxygens (including phenoxy) is 1. The largest absolute Gasteiger partial charge is 0.486 e. The van der Waals surface area contributed by atoms with Crippen molar-refractivity contribution in [3.8, 4) is 5.75 Å². The summed E-state index contributed by atoms with van der Waals surface area (Å²) < 4.78 is 7.14. The smallest absolute Gasteiger partial charge is 0.434 e. The second-order valence-corrected chi connectivity index (χ2v) is 4.61. The zero-order chi connectivity index (χ0) is 14.7. The number of rotatable bonds is 5. The number of imidazole rings is 1. The number of benzene rings is 1. The lowest BCUT2D eigenvalue weighted by atomic mass is 10.1. The molecule has 106 valence electrons. The van der Waals surface area contributed by atoms with E-state index in [9.17, 15) is 10.1 Å². The first-order chi connectivity index (χ1) is 9.52. The van der Waals surface area contributed by atoms with Gasteiger partial charge in [-0.25, -0.2) is 4.57 Å². The molecule has 2 rings (SSSR count). The third-order valence-electron chi connectivity index (χ3n) is 3.25. The van der Waals surface area contributed by atoms with Crippen molar-refractivity contribution in [3.63, 3.8) is 0 Å². The van der Waals surface area contributed by atoms with Crippen LogP contribution in [0.3, 0.4) is 0 Å². The third-order valence-corrected chi connectivity index (χ3v) is 3.25. The van der Waals surface area contributed by atoms with Crippen molar-refractivity contribution in [3.05, 3.63) is 51.3 Å². The maximum atomic E-state index is 10.7. The molecule has 0 bridgehead atoms. The van der Waals surface area contributed by atoms with Crippen molar-refractivity contribution in [1.82, 2.24) is 9.55 Å². The van der Waals surface area contributed by atoms with E-state index >= 15 is 0 Å². The van der Waals surface area contributed by atoms with Crippen LogP contribution in [0.15, 0.2) is 24.4 Å². The van der Waals surface area contributed by atoms with Crippen LogP contribution in [0.4, 0.5) is 5.95 Å². The topological polar surface area (TPSA) is 70.2 Å². The molecule has 0 aliphatic heterocycles. The fourth-order valence-electron chi connectivity index (χ4n) is 1.98. The van der Waals surface area contributed by atoms with E-state index in [1.807, 2.05) is 19.1 Å². The molecule has 0 saturated heterocycles. The molecule has 0 atom stereocenters. The summed E-state index contributed by atoms with van der Waals surface area (Å²) in [6.07, 6.45) is 2.45. The minimum atomic E-state index is -0.509. The second kappa shape index (κ2) is 5.73. The molecule has 0 saturated carbocycles. The highest BCUT2D eigenvalue weighted by atomic mass is 16.6. The van der Waals surface area contributed by atoms with E-state index in [2.05, 4.69) is 18.0 Å². The van der Waals surface area contributed by atoms with Crippen LogP contribution in [0.2, 0.25) is 0 Å². The average molecular weight is 275 g/mol. The van der Waals surface area contributed by atoms with Gasteiger partial charge in [-0.1, -0.05) is 24.0 Å². The molecule has 1 aromatic carbocycles. The van der Waals surface area contributed by atoms with Crippen molar-refractivity contribution in [2.24, 2.45) is 7.05 Å². The number of hydrogen-bond acceptors (Lipinski definition) is 4. The molecule has 0 unspecified atom stereocenters. The molecule has 0 aliphatic carbocycles. The molecular formula is C14H17N3O3. The summed E-state index contributed by atoms with van der Waals surface area (Å²) in [6, 6.07) is 6.04. The van der Waals surface area contributed by atoms with Gasteiger partial charge in [0.25, 0.3) is 0 Å². The lowest BCUT2D eigenvalue weighted by Crippen LogP contribution is -2.05. The first-order valence-corrected chi connectivity index (χ1v) is 6.40. The predicted molar refractivity (Wildman–Crippen MR) is 74.8 cm³/mol. The number of aromatic nitrogens is 2. The van der Waals surface area contributed by atoms with Crippen LogP contribution >= 0.6 is 0 Å². The minimum absolute atomic E-state index is 0.179. The fraction of sp³-hybridized carbons (Fsp3) is 0.357. The highest BCUT2D eigenvalue weighted by Gasteiger charge is 2.17. The van der Waals surface area contributed by atoms with Gasteiger partial charge in [-0.3, -0.25) is 0 Å². The molecular weight excluding hydrogens is 258 g/mol. The number of aryl methyl sites for hydroxylation is 2. The Hall–Kier alpha value is -2.37. The van der Waals surface area contributed by atoms with Gasteiger partial charge in [-0.15, -0.1) is 0 Å². The number of nitrogens with zero attached hydrogens (tertiary/aromatic N) is 3. The van der Waals surface area contributed by atoms with Gasteiger partial charge >= 0.3 is 5.95 Å². The molecule has 20 heavy (non-hydrogen) atoms. The highest BCUT2D eigenvalue weighted by Crippen LogP contribution is 2.21. The van der Waals surface area contributed by atoms with Crippen LogP contribution in [0.25, 0.3) is 0 Å². The standard InChI is InChI=1S/C14H17N3O3/c1-4-11-5-6-13(10(2)7-11)20-9-12-8-15-14(16(12)3)17(18)19/h5-8H,4,9H2,1-3H3. The van der Waals surface area contributed by atoms with Crippen molar-refractivity contribution in [2.45, 2.75) is 26.9 Å². The molecule has 1 aromatic heterocycles. The van der Waals surface area contributed by atoms with Gasteiger partial charge < -0.3 is 14.9 Å². The zero-order valence-electron chi connectivity index (χ0n) is 11.8. The van der Waals surface area contributed by atoms with Crippen LogP contribution in [-0.2, 0) is 20.1 Å². The Labute approximate surface area is 117 Å². The Kier molecular flexibility index (Phi) is 4.02. The third kappa shape index (κ3) is 2.79. The predicted octanol–water partition coefficient (Wildman–Crippen LogP) is 2.78. The van der Waals surface area contributed by atoms with Crippen LogP contribution in [0, 0.1) is 17.0 Å². The summed E-state index contributed by atoms with van der Waals surface area (Å²) in [4.78, 5) is 14.0. The summed E-state index contributed by atoms with van der Waals surface area (Å²) >= 11 is 0. The van der Waals surface area contributed by atoms with Gasteiger partial charge in [0.1, 0.15) is 18.6 Å². The molecule has 6 heteroatoms. The van der Waals surface area contributed by atoms with Gasteiger partial charge in [0.2, 0.25) is 0 Å². The van der Waals surface area contributed by atoms with E-state index in [1.54, 1.807) is 7.05 Å². The van der Waals surface area contributed by atoms with E-state index in [0.29, 0.717) is 5.69 Å². The molecule has 0 spiro atoms. The molecule has 0 N–H and O–H groups in total. The maximum absolute atomic E-state index is 10.7.